The molecule has 0 aromatic heterocycles. The monoisotopic (exact) mass is 531 g/mol. The summed E-state index contributed by atoms with van der Waals surface area (Å²) < 4.78 is 20.3. The van der Waals surface area contributed by atoms with Gasteiger partial charge in [0, 0.05) is 57.9 Å². The van der Waals surface area contributed by atoms with E-state index < -0.39 is 29.3 Å². The molecule has 1 atom stereocenters. The summed E-state index contributed by atoms with van der Waals surface area (Å²) in [6.07, 6.45) is 2.04. The van der Waals surface area contributed by atoms with Crippen LogP contribution in [0, 0.1) is 11.7 Å². The first-order chi connectivity index (χ1) is 18.0. The Hall–Kier alpha value is -3.21. The second kappa shape index (κ2) is 11.7. The van der Waals surface area contributed by atoms with Crippen LogP contribution in [-0.2, 0) is 14.3 Å². The largest absolute Gasteiger partial charge is 0.444 e. The molecule has 4 amide bonds. The third-order valence-corrected chi connectivity index (χ3v) is 7.26. The lowest BCUT2D eigenvalue weighted by Gasteiger charge is -2.39. The zero-order chi connectivity index (χ0) is 27.4. The van der Waals surface area contributed by atoms with E-state index in [4.69, 9.17) is 4.74 Å². The van der Waals surface area contributed by atoms with Crippen molar-refractivity contribution in [2.45, 2.75) is 58.1 Å². The van der Waals surface area contributed by atoms with Gasteiger partial charge in [-0.1, -0.05) is 0 Å². The van der Waals surface area contributed by atoms with Crippen molar-refractivity contribution in [1.29, 1.82) is 0 Å². The predicted molar refractivity (Wildman–Crippen MR) is 139 cm³/mol. The summed E-state index contributed by atoms with van der Waals surface area (Å²) in [5.74, 6) is -1.73. The third kappa shape index (κ3) is 7.21. The summed E-state index contributed by atoms with van der Waals surface area (Å²) in [6.45, 7) is 11.2. The summed E-state index contributed by atoms with van der Waals surface area (Å²) >= 11 is 0. The Morgan fingerprint density at radius 2 is 1.74 bits per heavy atom. The van der Waals surface area contributed by atoms with Crippen LogP contribution in [0.1, 0.15) is 56.8 Å². The molecule has 0 spiro atoms. The summed E-state index contributed by atoms with van der Waals surface area (Å²) in [4.78, 5) is 54.3. The average molecular weight is 532 g/mol. The zero-order valence-corrected chi connectivity index (χ0v) is 22.4. The number of imide groups is 1. The van der Waals surface area contributed by atoms with E-state index in [1.165, 1.54) is 12.1 Å². The molecule has 10 nitrogen and oxygen atoms in total. The number of benzene rings is 1. The number of piperazine rings is 1. The molecule has 1 aromatic rings. The Morgan fingerprint density at radius 3 is 2.34 bits per heavy atom. The molecule has 0 aliphatic carbocycles. The summed E-state index contributed by atoms with van der Waals surface area (Å²) in [5.41, 5.74) is 0.108. The molecule has 0 saturated carbocycles. The second-order valence-corrected chi connectivity index (χ2v) is 11.3. The lowest BCUT2D eigenvalue weighted by Crippen LogP contribution is -2.52. The number of hydrogen-bond acceptors (Lipinski definition) is 7. The van der Waals surface area contributed by atoms with Crippen molar-refractivity contribution in [1.82, 2.24) is 20.4 Å². The summed E-state index contributed by atoms with van der Waals surface area (Å²) in [7, 11) is 0. The standard InChI is InChI=1S/C27H38FN5O5/c1-27(2,3)38-26(37)33-14-12-31(13-15-33)17-18-8-10-32(11-9-18)19-4-5-20(21(28)16-19)24(35)29-22-6-7-23(34)30-25(22)36/h4-5,16,18,22H,6-15,17H2,1-3H3,(H,29,35)(H,30,34,36). The number of nitrogens with zero attached hydrogens (tertiary/aromatic N) is 3. The molecule has 11 heteroatoms. The van der Waals surface area contributed by atoms with Crippen LogP contribution < -0.4 is 15.5 Å². The van der Waals surface area contributed by atoms with Gasteiger partial charge < -0.3 is 19.9 Å². The molecule has 2 N–H and O–H groups in total. The van der Waals surface area contributed by atoms with E-state index in [2.05, 4.69) is 20.4 Å². The number of nitrogens with one attached hydrogen (secondary N) is 2. The van der Waals surface area contributed by atoms with Gasteiger partial charge in [-0.25, -0.2) is 9.18 Å². The van der Waals surface area contributed by atoms with Crippen LogP contribution in [0.3, 0.4) is 0 Å². The quantitative estimate of drug-likeness (QED) is 0.560. The highest BCUT2D eigenvalue weighted by atomic mass is 19.1. The molecule has 3 heterocycles. The van der Waals surface area contributed by atoms with Crippen molar-refractivity contribution in [2.75, 3.05) is 50.7 Å². The molecule has 1 unspecified atom stereocenters. The predicted octanol–water partition coefficient (Wildman–Crippen LogP) is 2.13. The molecular formula is C27H38FN5O5. The molecule has 3 fully saturated rings. The minimum Gasteiger partial charge on any atom is -0.444 e. The maximum Gasteiger partial charge on any atom is 0.410 e. The van der Waals surface area contributed by atoms with E-state index in [-0.39, 0.29) is 30.4 Å². The fourth-order valence-corrected chi connectivity index (χ4v) is 5.13. The number of anilines is 1. The molecule has 4 rings (SSSR count). The van der Waals surface area contributed by atoms with Gasteiger partial charge in [0.05, 0.1) is 5.56 Å². The lowest BCUT2D eigenvalue weighted by molar-refractivity contribution is -0.134. The smallest absolute Gasteiger partial charge is 0.410 e. The number of halogens is 1. The summed E-state index contributed by atoms with van der Waals surface area (Å²) in [5, 5.41) is 4.70. The van der Waals surface area contributed by atoms with Crippen molar-refractivity contribution < 1.29 is 28.3 Å². The number of piperidine rings is 2. The maximum atomic E-state index is 14.8. The van der Waals surface area contributed by atoms with Gasteiger partial charge in [0.15, 0.2) is 0 Å². The fraction of sp³-hybridized carbons (Fsp3) is 0.630. The van der Waals surface area contributed by atoms with Crippen LogP contribution in [0.25, 0.3) is 0 Å². The molecule has 3 saturated heterocycles. The van der Waals surface area contributed by atoms with E-state index in [1.54, 1.807) is 11.0 Å². The van der Waals surface area contributed by atoms with Crippen molar-refractivity contribution in [2.24, 2.45) is 5.92 Å². The number of carbonyl (C=O) groups excluding carboxylic acids is 4. The molecule has 38 heavy (non-hydrogen) atoms. The van der Waals surface area contributed by atoms with Crippen molar-refractivity contribution in [3.05, 3.63) is 29.6 Å². The van der Waals surface area contributed by atoms with Gasteiger partial charge in [0.25, 0.3) is 5.91 Å². The van der Waals surface area contributed by atoms with Crippen LogP contribution in [0.2, 0.25) is 0 Å². The number of hydrogen-bond donors (Lipinski definition) is 2. The Bertz CT molecular complexity index is 1060. The van der Waals surface area contributed by atoms with Gasteiger partial charge in [-0.15, -0.1) is 0 Å². The Kier molecular flexibility index (Phi) is 8.54. The van der Waals surface area contributed by atoms with Gasteiger partial charge in [-0.2, -0.15) is 0 Å². The molecule has 1 aromatic carbocycles. The van der Waals surface area contributed by atoms with E-state index in [9.17, 15) is 23.6 Å². The molecular weight excluding hydrogens is 493 g/mol. The maximum absolute atomic E-state index is 14.8. The molecule has 3 aliphatic heterocycles. The molecule has 0 bridgehead atoms. The normalized spacial score (nSPS) is 21.7. The van der Waals surface area contributed by atoms with E-state index in [1.807, 2.05) is 20.8 Å². The van der Waals surface area contributed by atoms with E-state index in [0.717, 1.165) is 51.3 Å². The van der Waals surface area contributed by atoms with Crippen molar-refractivity contribution in [3.8, 4) is 0 Å². The number of rotatable bonds is 5. The molecule has 0 radical (unpaired) electrons. The van der Waals surface area contributed by atoms with E-state index >= 15 is 0 Å². The van der Waals surface area contributed by atoms with Crippen LogP contribution in [0.5, 0.6) is 0 Å². The van der Waals surface area contributed by atoms with Gasteiger partial charge >= 0.3 is 6.09 Å². The average Bonchev–Trinajstić information content (AvgIpc) is 2.85. The first kappa shape index (κ1) is 27.8. The third-order valence-electron chi connectivity index (χ3n) is 7.26. The number of carbonyl (C=O) groups is 4. The zero-order valence-electron chi connectivity index (χ0n) is 22.4. The van der Waals surface area contributed by atoms with Crippen LogP contribution in [0.15, 0.2) is 18.2 Å². The highest BCUT2D eigenvalue weighted by Crippen LogP contribution is 2.26. The van der Waals surface area contributed by atoms with Gasteiger partial charge in [0.2, 0.25) is 11.8 Å². The molecule has 208 valence electrons. The fourth-order valence-electron chi connectivity index (χ4n) is 5.13. The summed E-state index contributed by atoms with van der Waals surface area (Å²) in [6, 6.07) is 3.70. The van der Waals surface area contributed by atoms with Crippen molar-refractivity contribution in [3.63, 3.8) is 0 Å². The van der Waals surface area contributed by atoms with Crippen LogP contribution in [0.4, 0.5) is 14.9 Å². The minimum absolute atomic E-state index is 0.126. The van der Waals surface area contributed by atoms with E-state index in [0.29, 0.717) is 19.0 Å². The number of amides is 4. The van der Waals surface area contributed by atoms with Gasteiger partial charge in [-0.3, -0.25) is 24.6 Å². The first-order valence-electron chi connectivity index (χ1n) is 13.4. The van der Waals surface area contributed by atoms with Gasteiger partial charge in [0.1, 0.15) is 17.5 Å². The SMILES string of the molecule is CC(C)(C)OC(=O)N1CCN(CC2CCN(c3ccc(C(=O)NC4CCC(=O)NC4=O)c(F)c3)CC2)CC1. The minimum atomic E-state index is -0.849. The topological polar surface area (TPSA) is 111 Å². The Labute approximate surface area is 222 Å². The highest BCUT2D eigenvalue weighted by molar-refractivity contribution is 6.03. The van der Waals surface area contributed by atoms with Gasteiger partial charge in [-0.05, 0) is 64.2 Å². The highest BCUT2D eigenvalue weighted by Gasteiger charge is 2.30. The van der Waals surface area contributed by atoms with Crippen molar-refractivity contribution >= 4 is 29.5 Å². The molecule has 3 aliphatic rings. The Morgan fingerprint density at radius 1 is 1.05 bits per heavy atom. The van der Waals surface area contributed by atoms with Crippen LogP contribution in [-0.4, -0.2) is 91.1 Å². The number of ether oxygens (including phenoxy) is 1. The van der Waals surface area contributed by atoms with Crippen LogP contribution >= 0.6 is 0 Å². The lowest BCUT2D eigenvalue weighted by atomic mass is 9.95. The Balaban J connectivity index is 1.22. The second-order valence-electron chi connectivity index (χ2n) is 11.3. The first-order valence-corrected chi connectivity index (χ1v) is 13.4.